The molecule has 0 saturated carbocycles. The number of nitro benzene ring substituents is 1. The molecule has 7 heteroatoms. The normalized spacial score (nSPS) is 10.5. The van der Waals surface area contributed by atoms with Crippen molar-refractivity contribution in [1.29, 1.82) is 0 Å². The lowest BCUT2D eigenvalue weighted by atomic mass is 10.2. The minimum absolute atomic E-state index is 0.0154. The minimum atomic E-state index is -0.426. The fraction of sp³-hybridized carbons (Fsp3) is 0.200. The van der Waals surface area contributed by atoms with E-state index in [1.165, 1.54) is 10.7 Å². The summed E-state index contributed by atoms with van der Waals surface area (Å²) in [5.41, 5.74) is 2.10. The SMILES string of the molecule is Cc1ccc([N+](=O)[O-])c(-n2cc(CBr)nn2)c1. The van der Waals surface area contributed by atoms with Gasteiger partial charge in [0, 0.05) is 11.4 Å². The van der Waals surface area contributed by atoms with Crippen LogP contribution in [-0.2, 0) is 5.33 Å². The molecule has 17 heavy (non-hydrogen) atoms. The zero-order valence-corrected chi connectivity index (χ0v) is 10.6. The summed E-state index contributed by atoms with van der Waals surface area (Å²) in [4.78, 5) is 10.5. The number of hydrogen-bond donors (Lipinski definition) is 0. The second-order valence-corrected chi connectivity index (χ2v) is 4.10. The predicted octanol–water partition coefficient (Wildman–Crippen LogP) is 2.38. The Hall–Kier alpha value is -1.76. The van der Waals surface area contributed by atoms with E-state index >= 15 is 0 Å². The molecule has 0 amide bonds. The van der Waals surface area contributed by atoms with Crippen molar-refractivity contribution in [1.82, 2.24) is 15.0 Å². The average molecular weight is 297 g/mol. The van der Waals surface area contributed by atoms with Crippen LogP contribution in [-0.4, -0.2) is 19.9 Å². The first-order valence-corrected chi connectivity index (χ1v) is 5.96. The molecule has 0 aliphatic carbocycles. The van der Waals surface area contributed by atoms with Crippen molar-refractivity contribution in [2.45, 2.75) is 12.3 Å². The summed E-state index contributed by atoms with van der Waals surface area (Å²) in [5.74, 6) is 0. The van der Waals surface area contributed by atoms with Gasteiger partial charge in [-0.2, -0.15) is 0 Å². The summed E-state index contributed by atoms with van der Waals surface area (Å²) in [6.45, 7) is 1.87. The van der Waals surface area contributed by atoms with Gasteiger partial charge in [0.15, 0.2) is 0 Å². The maximum Gasteiger partial charge on any atom is 0.294 e. The van der Waals surface area contributed by atoms with Crippen molar-refractivity contribution >= 4 is 21.6 Å². The van der Waals surface area contributed by atoms with E-state index in [9.17, 15) is 10.1 Å². The number of benzene rings is 1. The zero-order chi connectivity index (χ0) is 12.4. The largest absolute Gasteiger partial charge is 0.294 e. The van der Waals surface area contributed by atoms with Gasteiger partial charge in [0.1, 0.15) is 5.69 Å². The van der Waals surface area contributed by atoms with Crippen molar-refractivity contribution in [3.63, 3.8) is 0 Å². The third kappa shape index (κ3) is 2.33. The first-order valence-electron chi connectivity index (χ1n) is 4.84. The second-order valence-electron chi connectivity index (χ2n) is 3.54. The monoisotopic (exact) mass is 296 g/mol. The van der Waals surface area contributed by atoms with E-state index < -0.39 is 4.92 Å². The molecular weight excluding hydrogens is 288 g/mol. The molecule has 2 rings (SSSR count). The Morgan fingerprint density at radius 2 is 2.29 bits per heavy atom. The summed E-state index contributed by atoms with van der Waals surface area (Å²) in [7, 11) is 0. The number of alkyl halides is 1. The van der Waals surface area contributed by atoms with Crippen molar-refractivity contribution in [2.75, 3.05) is 0 Å². The summed E-state index contributed by atoms with van der Waals surface area (Å²) in [6.07, 6.45) is 1.66. The van der Waals surface area contributed by atoms with Crippen LogP contribution in [0.2, 0.25) is 0 Å². The van der Waals surface area contributed by atoms with Gasteiger partial charge in [-0.05, 0) is 18.6 Å². The van der Waals surface area contributed by atoms with Gasteiger partial charge in [-0.15, -0.1) is 5.10 Å². The van der Waals surface area contributed by atoms with E-state index in [2.05, 4.69) is 26.2 Å². The number of nitro groups is 1. The molecule has 88 valence electrons. The predicted molar refractivity (Wildman–Crippen MR) is 65.4 cm³/mol. The van der Waals surface area contributed by atoms with Crippen LogP contribution in [0.1, 0.15) is 11.3 Å². The average Bonchev–Trinajstić information content (AvgIpc) is 2.76. The molecule has 0 unspecified atom stereocenters. The zero-order valence-electron chi connectivity index (χ0n) is 9.00. The Bertz CT molecular complexity index is 567. The van der Waals surface area contributed by atoms with Gasteiger partial charge in [-0.25, -0.2) is 4.68 Å². The van der Waals surface area contributed by atoms with Crippen molar-refractivity contribution in [2.24, 2.45) is 0 Å². The molecule has 0 atom stereocenters. The first-order chi connectivity index (χ1) is 8.11. The lowest BCUT2D eigenvalue weighted by Gasteiger charge is -2.02. The summed E-state index contributed by atoms with van der Waals surface area (Å²) in [6, 6.07) is 4.88. The van der Waals surface area contributed by atoms with Crippen LogP contribution in [0.5, 0.6) is 0 Å². The van der Waals surface area contributed by atoms with E-state index in [-0.39, 0.29) is 5.69 Å². The van der Waals surface area contributed by atoms with Crippen LogP contribution < -0.4 is 0 Å². The molecule has 0 saturated heterocycles. The summed E-state index contributed by atoms with van der Waals surface area (Å²) >= 11 is 3.26. The van der Waals surface area contributed by atoms with E-state index in [0.29, 0.717) is 11.0 Å². The quantitative estimate of drug-likeness (QED) is 0.495. The number of hydrogen-bond acceptors (Lipinski definition) is 4. The Kier molecular flexibility index (Phi) is 3.19. The van der Waals surface area contributed by atoms with Crippen LogP contribution in [0.25, 0.3) is 5.69 Å². The van der Waals surface area contributed by atoms with Crippen molar-refractivity contribution in [3.05, 3.63) is 45.8 Å². The number of rotatable bonds is 3. The molecule has 1 heterocycles. The smallest absolute Gasteiger partial charge is 0.258 e. The first kappa shape index (κ1) is 11.7. The molecule has 1 aromatic carbocycles. The highest BCUT2D eigenvalue weighted by Crippen LogP contribution is 2.23. The Balaban J connectivity index is 2.56. The molecule has 6 nitrogen and oxygen atoms in total. The molecule has 0 bridgehead atoms. The van der Waals surface area contributed by atoms with Gasteiger partial charge in [0.2, 0.25) is 0 Å². The van der Waals surface area contributed by atoms with E-state index in [1.807, 2.05) is 6.92 Å². The Morgan fingerprint density at radius 1 is 1.53 bits per heavy atom. The molecule has 0 aliphatic rings. The van der Waals surface area contributed by atoms with E-state index in [4.69, 9.17) is 0 Å². The third-order valence-corrected chi connectivity index (χ3v) is 2.83. The molecular formula is C10H9BrN4O2. The molecule has 1 aromatic heterocycles. The topological polar surface area (TPSA) is 73.8 Å². The number of aryl methyl sites for hydroxylation is 1. The molecule has 0 aliphatic heterocycles. The fourth-order valence-electron chi connectivity index (χ4n) is 1.45. The standard InChI is InChI=1S/C10H9BrN4O2/c1-7-2-3-9(15(16)17)10(4-7)14-6-8(5-11)12-13-14/h2-4,6H,5H2,1H3. The van der Waals surface area contributed by atoms with Crippen LogP contribution in [0, 0.1) is 17.0 Å². The van der Waals surface area contributed by atoms with Crippen LogP contribution in [0.4, 0.5) is 5.69 Å². The lowest BCUT2D eigenvalue weighted by molar-refractivity contribution is -0.384. The number of nitrogens with zero attached hydrogens (tertiary/aromatic N) is 4. The maximum atomic E-state index is 10.9. The number of halogens is 1. The summed E-state index contributed by atoms with van der Waals surface area (Å²) in [5, 5.41) is 19.2. The maximum absolute atomic E-state index is 10.9. The van der Waals surface area contributed by atoms with Gasteiger partial charge < -0.3 is 0 Å². The highest BCUT2D eigenvalue weighted by molar-refractivity contribution is 9.08. The molecule has 0 fully saturated rings. The van der Waals surface area contributed by atoms with E-state index in [0.717, 1.165) is 11.3 Å². The van der Waals surface area contributed by atoms with Gasteiger partial charge in [0.25, 0.3) is 5.69 Å². The molecule has 2 aromatic rings. The third-order valence-electron chi connectivity index (χ3n) is 2.25. The lowest BCUT2D eigenvalue weighted by Crippen LogP contribution is -2.01. The van der Waals surface area contributed by atoms with Crippen LogP contribution in [0.3, 0.4) is 0 Å². The Labute approximate surface area is 106 Å². The summed E-state index contributed by atoms with van der Waals surface area (Å²) < 4.78 is 1.42. The van der Waals surface area contributed by atoms with Crippen molar-refractivity contribution < 1.29 is 4.92 Å². The fourth-order valence-corrected chi connectivity index (χ4v) is 1.71. The van der Waals surface area contributed by atoms with Gasteiger partial charge in [-0.1, -0.05) is 27.2 Å². The van der Waals surface area contributed by atoms with Crippen LogP contribution >= 0.6 is 15.9 Å². The van der Waals surface area contributed by atoms with Gasteiger partial charge in [-0.3, -0.25) is 10.1 Å². The highest BCUT2D eigenvalue weighted by atomic mass is 79.9. The Morgan fingerprint density at radius 3 is 2.88 bits per heavy atom. The second kappa shape index (κ2) is 4.62. The van der Waals surface area contributed by atoms with Crippen molar-refractivity contribution in [3.8, 4) is 5.69 Å². The highest BCUT2D eigenvalue weighted by Gasteiger charge is 2.16. The van der Waals surface area contributed by atoms with Gasteiger partial charge in [0.05, 0.1) is 16.8 Å². The van der Waals surface area contributed by atoms with E-state index in [1.54, 1.807) is 18.3 Å². The molecule has 0 N–H and O–H groups in total. The van der Waals surface area contributed by atoms with Gasteiger partial charge >= 0.3 is 0 Å². The minimum Gasteiger partial charge on any atom is -0.258 e. The molecule has 0 spiro atoms. The number of aromatic nitrogens is 3. The molecule has 0 radical (unpaired) electrons. The van der Waals surface area contributed by atoms with Crippen LogP contribution in [0.15, 0.2) is 24.4 Å².